The predicted molar refractivity (Wildman–Crippen MR) is 62.3 cm³/mol. The van der Waals surface area contributed by atoms with Crippen molar-refractivity contribution in [3.63, 3.8) is 0 Å². The number of phenols is 1. The number of ether oxygens (including phenoxy) is 1. The van der Waals surface area contributed by atoms with Crippen LogP contribution in [-0.4, -0.2) is 11.7 Å². The van der Waals surface area contributed by atoms with Gasteiger partial charge in [0.15, 0.2) is 0 Å². The maximum absolute atomic E-state index is 9.07. The van der Waals surface area contributed by atoms with Gasteiger partial charge in [-0.1, -0.05) is 20.3 Å². The van der Waals surface area contributed by atoms with E-state index in [2.05, 4.69) is 13.8 Å². The molecule has 0 aliphatic carbocycles. The second-order valence-electron chi connectivity index (χ2n) is 4.23. The molecule has 1 N–H and O–H groups in total. The Kier molecular flexibility index (Phi) is 5.02. The second kappa shape index (κ2) is 6.33. The molecule has 0 fully saturated rings. The molecule has 84 valence electrons. The Morgan fingerprint density at radius 2 is 1.80 bits per heavy atom. The third-order valence-corrected chi connectivity index (χ3v) is 2.28. The highest BCUT2D eigenvalue weighted by Gasteiger charge is 1.96. The molecular formula is C13H20O2. The van der Waals surface area contributed by atoms with E-state index in [4.69, 9.17) is 9.84 Å². The second-order valence-corrected chi connectivity index (χ2v) is 4.23. The number of benzene rings is 1. The first-order valence-corrected chi connectivity index (χ1v) is 5.60. The fourth-order valence-corrected chi connectivity index (χ4v) is 1.39. The Balaban J connectivity index is 2.12. The molecule has 1 aromatic rings. The predicted octanol–water partition coefficient (Wildman–Crippen LogP) is 3.60. The van der Waals surface area contributed by atoms with Crippen LogP contribution in [0.2, 0.25) is 0 Å². The molecule has 0 amide bonds. The van der Waals surface area contributed by atoms with Crippen molar-refractivity contribution >= 4 is 0 Å². The van der Waals surface area contributed by atoms with Crippen LogP contribution in [0.15, 0.2) is 24.3 Å². The minimum Gasteiger partial charge on any atom is -0.508 e. The van der Waals surface area contributed by atoms with Crippen molar-refractivity contribution in [2.24, 2.45) is 5.92 Å². The average Bonchev–Trinajstić information content (AvgIpc) is 2.20. The number of phenolic OH excluding ortho intramolecular Hbond substituents is 1. The normalized spacial score (nSPS) is 10.6. The number of rotatable bonds is 6. The average molecular weight is 208 g/mol. The summed E-state index contributed by atoms with van der Waals surface area (Å²) in [6.45, 7) is 5.24. The molecule has 0 heterocycles. The zero-order chi connectivity index (χ0) is 11.1. The molecule has 2 heteroatoms. The van der Waals surface area contributed by atoms with Gasteiger partial charge in [0.1, 0.15) is 11.5 Å². The lowest BCUT2D eigenvalue weighted by Gasteiger charge is -2.07. The molecule has 0 bridgehead atoms. The summed E-state index contributed by atoms with van der Waals surface area (Å²) in [5, 5.41) is 9.07. The molecule has 2 nitrogen and oxygen atoms in total. The molecular weight excluding hydrogens is 188 g/mol. The fraction of sp³-hybridized carbons (Fsp3) is 0.538. The summed E-state index contributed by atoms with van der Waals surface area (Å²) >= 11 is 0. The molecule has 15 heavy (non-hydrogen) atoms. The van der Waals surface area contributed by atoms with Gasteiger partial charge in [0.25, 0.3) is 0 Å². The van der Waals surface area contributed by atoms with Gasteiger partial charge < -0.3 is 9.84 Å². The molecule has 0 saturated heterocycles. The molecule has 0 aliphatic rings. The molecule has 1 aromatic carbocycles. The van der Waals surface area contributed by atoms with Crippen LogP contribution in [-0.2, 0) is 0 Å². The summed E-state index contributed by atoms with van der Waals surface area (Å²) in [6.07, 6.45) is 3.58. The summed E-state index contributed by atoms with van der Waals surface area (Å²) in [4.78, 5) is 0. The minimum absolute atomic E-state index is 0.280. The number of aromatic hydroxyl groups is 1. The maximum atomic E-state index is 9.07. The van der Waals surface area contributed by atoms with Gasteiger partial charge >= 0.3 is 0 Å². The molecule has 0 atom stereocenters. The molecule has 0 spiro atoms. The molecule has 0 unspecified atom stereocenters. The van der Waals surface area contributed by atoms with Gasteiger partial charge in [0.2, 0.25) is 0 Å². The van der Waals surface area contributed by atoms with Gasteiger partial charge in [0.05, 0.1) is 6.61 Å². The first kappa shape index (κ1) is 11.9. The Bertz CT molecular complexity index is 264. The Morgan fingerprint density at radius 1 is 1.13 bits per heavy atom. The summed E-state index contributed by atoms with van der Waals surface area (Å²) in [6, 6.07) is 6.86. The van der Waals surface area contributed by atoms with E-state index in [1.165, 1.54) is 12.8 Å². The molecule has 0 radical (unpaired) electrons. The largest absolute Gasteiger partial charge is 0.508 e. The van der Waals surface area contributed by atoms with Crippen LogP contribution in [0.25, 0.3) is 0 Å². The van der Waals surface area contributed by atoms with E-state index in [-0.39, 0.29) is 5.75 Å². The van der Waals surface area contributed by atoms with E-state index in [0.717, 1.165) is 24.7 Å². The number of unbranched alkanes of at least 4 members (excludes halogenated alkanes) is 1. The zero-order valence-electron chi connectivity index (χ0n) is 9.57. The van der Waals surface area contributed by atoms with Crippen molar-refractivity contribution < 1.29 is 9.84 Å². The Labute approximate surface area is 91.9 Å². The van der Waals surface area contributed by atoms with E-state index < -0.39 is 0 Å². The molecule has 0 aromatic heterocycles. The van der Waals surface area contributed by atoms with Crippen LogP contribution in [0, 0.1) is 5.92 Å². The van der Waals surface area contributed by atoms with Crippen molar-refractivity contribution in [1.29, 1.82) is 0 Å². The summed E-state index contributed by atoms with van der Waals surface area (Å²) in [7, 11) is 0. The molecule has 1 rings (SSSR count). The minimum atomic E-state index is 0.280. The Morgan fingerprint density at radius 3 is 2.40 bits per heavy atom. The quantitative estimate of drug-likeness (QED) is 0.724. The first-order valence-electron chi connectivity index (χ1n) is 5.60. The van der Waals surface area contributed by atoms with Crippen molar-refractivity contribution in [1.82, 2.24) is 0 Å². The van der Waals surface area contributed by atoms with Gasteiger partial charge in [0, 0.05) is 0 Å². The highest BCUT2D eigenvalue weighted by atomic mass is 16.5. The van der Waals surface area contributed by atoms with Crippen LogP contribution in [0.5, 0.6) is 11.5 Å². The maximum Gasteiger partial charge on any atom is 0.119 e. The van der Waals surface area contributed by atoms with Crippen LogP contribution in [0.1, 0.15) is 33.1 Å². The first-order chi connectivity index (χ1) is 7.18. The summed E-state index contributed by atoms with van der Waals surface area (Å²) < 4.78 is 5.53. The van der Waals surface area contributed by atoms with E-state index in [1.807, 2.05) is 0 Å². The van der Waals surface area contributed by atoms with Crippen LogP contribution in [0.4, 0.5) is 0 Å². The Hall–Kier alpha value is -1.18. The monoisotopic (exact) mass is 208 g/mol. The van der Waals surface area contributed by atoms with E-state index in [0.29, 0.717) is 0 Å². The number of hydrogen-bond acceptors (Lipinski definition) is 2. The van der Waals surface area contributed by atoms with Crippen LogP contribution in [0.3, 0.4) is 0 Å². The highest BCUT2D eigenvalue weighted by molar-refractivity contribution is 5.29. The topological polar surface area (TPSA) is 29.5 Å². The summed E-state index contributed by atoms with van der Waals surface area (Å²) in [5.74, 6) is 1.89. The third kappa shape index (κ3) is 5.31. The summed E-state index contributed by atoms with van der Waals surface area (Å²) in [5.41, 5.74) is 0. The fourth-order valence-electron chi connectivity index (χ4n) is 1.39. The molecule has 0 saturated carbocycles. The van der Waals surface area contributed by atoms with E-state index in [9.17, 15) is 0 Å². The van der Waals surface area contributed by atoms with Crippen molar-refractivity contribution in [3.05, 3.63) is 24.3 Å². The van der Waals surface area contributed by atoms with E-state index in [1.54, 1.807) is 24.3 Å². The SMILES string of the molecule is CC(C)CCCCOc1ccc(O)cc1. The van der Waals surface area contributed by atoms with Gasteiger partial charge in [-0.2, -0.15) is 0 Å². The van der Waals surface area contributed by atoms with Gasteiger partial charge in [-0.15, -0.1) is 0 Å². The lowest BCUT2D eigenvalue weighted by molar-refractivity contribution is 0.301. The lowest BCUT2D eigenvalue weighted by Crippen LogP contribution is -1.98. The van der Waals surface area contributed by atoms with Gasteiger partial charge in [-0.3, -0.25) is 0 Å². The zero-order valence-corrected chi connectivity index (χ0v) is 9.57. The third-order valence-electron chi connectivity index (χ3n) is 2.28. The lowest BCUT2D eigenvalue weighted by atomic mass is 10.1. The standard InChI is InChI=1S/C13H20O2/c1-11(2)5-3-4-10-15-13-8-6-12(14)7-9-13/h6-9,11,14H,3-5,10H2,1-2H3. The number of hydrogen-bond donors (Lipinski definition) is 1. The van der Waals surface area contributed by atoms with Crippen molar-refractivity contribution in [2.45, 2.75) is 33.1 Å². The highest BCUT2D eigenvalue weighted by Crippen LogP contribution is 2.16. The van der Waals surface area contributed by atoms with Gasteiger partial charge in [-0.05, 0) is 43.0 Å². The van der Waals surface area contributed by atoms with Gasteiger partial charge in [-0.25, -0.2) is 0 Å². The van der Waals surface area contributed by atoms with Crippen molar-refractivity contribution in [3.8, 4) is 11.5 Å². The van der Waals surface area contributed by atoms with E-state index >= 15 is 0 Å². The smallest absolute Gasteiger partial charge is 0.119 e. The van der Waals surface area contributed by atoms with Crippen LogP contribution >= 0.6 is 0 Å². The molecule has 0 aliphatic heterocycles. The van der Waals surface area contributed by atoms with Crippen molar-refractivity contribution in [2.75, 3.05) is 6.61 Å². The van der Waals surface area contributed by atoms with Crippen LogP contribution < -0.4 is 4.74 Å².